The van der Waals surface area contributed by atoms with E-state index in [0.717, 1.165) is 37.1 Å². The molecule has 0 radical (unpaired) electrons. The fraction of sp³-hybridized carbons (Fsp3) is 0.286. The highest BCUT2D eigenvalue weighted by Crippen LogP contribution is 2.23. The second-order valence-electron chi connectivity index (χ2n) is 4.25. The maximum Gasteiger partial charge on any atom is 0.253 e. The molecule has 1 aliphatic rings. The summed E-state index contributed by atoms with van der Waals surface area (Å²) in [6, 6.07) is 9.32. The van der Waals surface area contributed by atoms with Gasteiger partial charge in [-0.15, -0.1) is 0 Å². The number of rotatable bonds is 4. The lowest BCUT2D eigenvalue weighted by molar-refractivity contribution is -0.113. The Morgan fingerprint density at radius 2 is 1.83 bits per heavy atom. The molecular formula is C14H16N2O2. The molecule has 0 saturated heterocycles. The Morgan fingerprint density at radius 3 is 2.56 bits per heavy atom. The molecule has 1 aromatic rings. The van der Waals surface area contributed by atoms with E-state index in [2.05, 4.69) is 10.6 Å². The molecule has 0 aliphatic heterocycles. The van der Waals surface area contributed by atoms with Crippen molar-refractivity contribution >= 4 is 18.0 Å². The highest BCUT2D eigenvalue weighted by molar-refractivity contribution is 6.04. The SMILES string of the molecule is O=CNC1=C(C(=O)Nc2ccccc2)CCCC1. The van der Waals surface area contributed by atoms with Crippen molar-refractivity contribution in [3.8, 4) is 0 Å². The second-order valence-corrected chi connectivity index (χ2v) is 4.25. The van der Waals surface area contributed by atoms with Gasteiger partial charge in [0, 0.05) is 17.0 Å². The minimum Gasteiger partial charge on any atom is -0.332 e. The third-order valence-corrected chi connectivity index (χ3v) is 3.01. The van der Waals surface area contributed by atoms with E-state index in [1.807, 2.05) is 30.3 Å². The number of carbonyl (C=O) groups is 2. The molecule has 1 aliphatic carbocycles. The molecule has 0 fully saturated rings. The molecule has 0 aromatic heterocycles. The highest BCUT2D eigenvalue weighted by Gasteiger charge is 2.18. The number of nitrogens with one attached hydrogen (secondary N) is 2. The second kappa shape index (κ2) is 6.00. The van der Waals surface area contributed by atoms with Crippen LogP contribution in [0.1, 0.15) is 25.7 Å². The Balaban J connectivity index is 2.13. The molecular weight excluding hydrogens is 228 g/mol. The van der Waals surface area contributed by atoms with Crippen LogP contribution in [0, 0.1) is 0 Å². The van der Waals surface area contributed by atoms with Crippen molar-refractivity contribution in [1.29, 1.82) is 0 Å². The lowest BCUT2D eigenvalue weighted by atomic mass is 9.95. The summed E-state index contributed by atoms with van der Waals surface area (Å²) in [7, 11) is 0. The monoisotopic (exact) mass is 244 g/mol. The Labute approximate surface area is 106 Å². The lowest BCUT2D eigenvalue weighted by Gasteiger charge is -2.19. The van der Waals surface area contributed by atoms with Crippen LogP contribution in [0.15, 0.2) is 41.6 Å². The minimum atomic E-state index is -0.120. The van der Waals surface area contributed by atoms with Gasteiger partial charge < -0.3 is 10.6 Å². The molecule has 2 rings (SSSR count). The summed E-state index contributed by atoms with van der Waals surface area (Å²) in [5, 5.41) is 5.49. The van der Waals surface area contributed by atoms with Crippen LogP contribution < -0.4 is 10.6 Å². The third kappa shape index (κ3) is 2.97. The number of hydrogen-bond acceptors (Lipinski definition) is 2. The zero-order chi connectivity index (χ0) is 12.8. The molecule has 0 heterocycles. The van der Waals surface area contributed by atoms with E-state index in [-0.39, 0.29) is 5.91 Å². The Kier molecular flexibility index (Phi) is 4.12. The molecule has 94 valence electrons. The average molecular weight is 244 g/mol. The first-order valence-electron chi connectivity index (χ1n) is 6.10. The maximum absolute atomic E-state index is 12.1. The van der Waals surface area contributed by atoms with Gasteiger partial charge in [-0.05, 0) is 37.8 Å². The van der Waals surface area contributed by atoms with E-state index in [4.69, 9.17) is 0 Å². The molecule has 0 saturated carbocycles. The Bertz CT molecular complexity index is 466. The van der Waals surface area contributed by atoms with Gasteiger partial charge in [0.1, 0.15) is 0 Å². The molecule has 4 nitrogen and oxygen atoms in total. The zero-order valence-corrected chi connectivity index (χ0v) is 10.1. The van der Waals surface area contributed by atoms with Crippen LogP contribution in [0.2, 0.25) is 0 Å². The Morgan fingerprint density at radius 1 is 1.11 bits per heavy atom. The van der Waals surface area contributed by atoms with Crippen LogP contribution in [0.4, 0.5) is 5.69 Å². The van der Waals surface area contributed by atoms with Crippen LogP contribution >= 0.6 is 0 Å². The highest BCUT2D eigenvalue weighted by atomic mass is 16.2. The summed E-state index contributed by atoms with van der Waals surface area (Å²) in [5.74, 6) is -0.120. The van der Waals surface area contributed by atoms with E-state index in [0.29, 0.717) is 12.0 Å². The molecule has 1 aromatic carbocycles. The van der Waals surface area contributed by atoms with E-state index in [9.17, 15) is 9.59 Å². The molecule has 0 spiro atoms. The summed E-state index contributed by atoms with van der Waals surface area (Å²) < 4.78 is 0. The van der Waals surface area contributed by atoms with Crippen molar-refractivity contribution in [2.75, 3.05) is 5.32 Å². The molecule has 2 amide bonds. The van der Waals surface area contributed by atoms with Gasteiger partial charge in [-0.1, -0.05) is 18.2 Å². The first kappa shape index (κ1) is 12.4. The number of amides is 2. The third-order valence-electron chi connectivity index (χ3n) is 3.01. The first-order chi connectivity index (χ1) is 8.81. The van der Waals surface area contributed by atoms with Crippen LogP contribution in [0.25, 0.3) is 0 Å². The molecule has 2 N–H and O–H groups in total. The number of allylic oxidation sites excluding steroid dienone is 1. The number of hydrogen-bond donors (Lipinski definition) is 2. The van der Waals surface area contributed by atoms with E-state index in [1.54, 1.807) is 0 Å². The van der Waals surface area contributed by atoms with Gasteiger partial charge in [0.15, 0.2) is 0 Å². The number of anilines is 1. The number of para-hydroxylation sites is 1. The summed E-state index contributed by atoms with van der Waals surface area (Å²) >= 11 is 0. The van der Waals surface area contributed by atoms with E-state index >= 15 is 0 Å². The van der Waals surface area contributed by atoms with Crippen molar-refractivity contribution in [3.05, 3.63) is 41.6 Å². The van der Waals surface area contributed by atoms with Gasteiger partial charge in [-0.2, -0.15) is 0 Å². The van der Waals surface area contributed by atoms with Crippen LogP contribution in [-0.4, -0.2) is 12.3 Å². The van der Waals surface area contributed by atoms with Crippen molar-refractivity contribution in [1.82, 2.24) is 5.32 Å². The average Bonchev–Trinajstić information content (AvgIpc) is 2.41. The molecule has 0 bridgehead atoms. The smallest absolute Gasteiger partial charge is 0.253 e. The predicted octanol–water partition coefficient (Wildman–Crippen LogP) is 2.20. The summed E-state index contributed by atoms with van der Waals surface area (Å²) in [4.78, 5) is 22.7. The van der Waals surface area contributed by atoms with Gasteiger partial charge in [-0.3, -0.25) is 9.59 Å². The van der Waals surface area contributed by atoms with Crippen molar-refractivity contribution in [3.63, 3.8) is 0 Å². The Hall–Kier alpha value is -2.10. The van der Waals surface area contributed by atoms with Gasteiger partial charge in [0.25, 0.3) is 5.91 Å². The topological polar surface area (TPSA) is 58.2 Å². The fourth-order valence-electron chi connectivity index (χ4n) is 2.11. The molecule has 4 heteroatoms. The van der Waals surface area contributed by atoms with E-state index in [1.165, 1.54) is 0 Å². The van der Waals surface area contributed by atoms with Crippen LogP contribution in [-0.2, 0) is 9.59 Å². The first-order valence-corrected chi connectivity index (χ1v) is 6.10. The number of benzene rings is 1. The zero-order valence-electron chi connectivity index (χ0n) is 10.1. The predicted molar refractivity (Wildman–Crippen MR) is 69.8 cm³/mol. The minimum absolute atomic E-state index is 0.120. The fourth-order valence-corrected chi connectivity index (χ4v) is 2.11. The summed E-state index contributed by atoms with van der Waals surface area (Å²) in [6.07, 6.45) is 4.11. The van der Waals surface area contributed by atoms with Gasteiger partial charge >= 0.3 is 0 Å². The van der Waals surface area contributed by atoms with Crippen LogP contribution in [0.5, 0.6) is 0 Å². The summed E-state index contributed by atoms with van der Waals surface area (Å²) in [6.45, 7) is 0. The molecule has 0 atom stereocenters. The lowest BCUT2D eigenvalue weighted by Crippen LogP contribution is -2.24. The normalized spacial score (nSPS) is 15.1. The van der Waals surface area contributed by atoms with Crippen LogP contribution in [0.3, 0.4) is 0 Å². The largest absolute Gasteiger partial charge is 0.332 e. The van der Waals surface area contributed by atoms with Crippen molar-refractivity contribution in [2.45, 2.75) is 25.7 Å². The molecule has 18 heavy (non-hydrogen) atoms. The number of carbonyl (C=O) groups excluding carboxylic acids is 2. The van der Waals surface area contributed by atoms with Gasteiger partial charge in [-0.25, -0.2) is 0 Å². The summed E-state index contributed by atoms with van der Waals surface area (Å²) in [5.41, 5.74) is 2.22. The van der Waals surface area contributed by atoms with E-state index < -0.39 is 0 Å². The van der Waals surface area contributed by atoms with Crippen molar-refractivity contribution < 1.29 is 9.59 Å². The standard InChI is InChI=1S/C14H16N2O2/c17-10-15-13-9-5-4-8-12(13)14(18)16-11-6-2-1-3-7-11/h1-3,6-7,10H,4-5,8-9H2,(H,15,17)(H,16,18). The van der Waals surface area contributed by atoms with Crippen molar-refractivity contribution in [2.24, 2.45) is 0 Å². The molecule has 0 unspecified atom stereocenters. The van der Waals surface area contributed by atoms with Gasteiger partial charge in [0.2, 0.25) is 6.41 Å². The quantitative estimate of drug-likeness (QED) is 0.798. The van der Waals surface area contributed by atoms with Gasteiger partial charge in [0.05, 0.1) is 0 Å². The maximum atomic E-state index is 12.1.